The molecule has 5 heteroatoms. The highest BCUT2D eigenvalue weighted by molar-refractivity contribution is 6.16. The molecule has 1 amide bonds. The molecule has 134 valence electrons. The van der Waals surface area contributed by atoms with E-state index in [0.717, 1.165) is 12.6 Å². The summed E-state index contributed by atoms with van der Waals surface area (Å²) in [6, 6.07) is 16.9. The third-order valence-electron chi connectivity index (χ3n) is 4.74. The average Bonchev–Trinajstić information content (AvgIpc) is 3.19. The van der Waals surface area contributed by atoms with Gasteiger partial charge >= 0.3 is 0 Å². The topological polar surface area (TPSA) is 73.6 Å². The molecule has 1 fully saturated rings. The van der Waals surface area contributed by atoms with Crippen LogP contribution in [0.1, 0.15) is 23.5 Å². The van der Waals surface area contributed by atoms with E-state index < -0.39 is 0 Å². The number of benzene rings is 2. The lowest BCUT2D eigenvalue weighted by Crippen LogP contribution is -2.30. The lowest BCUT2D eigenvalue weighted by molar-refractivity contribution is -0.125. The maximum Gasteiger partial charge on any atom is 0.259 e. The van der Waals surface area contributed by atoms with E-state index in [0.29, 0.717) is 24.4 Å². The van der Waals surface area contributed by atoms with Crippen LogP contribution in [0.2, 0.25) is 0 Å². The van der Waals surface area contributed by atoms with E-state index in [4.69, 9.17) is 10.1 Å². The maximum atomic E-state index is 12.8. The summed E-state index contributed by atoms with van der Waals surface area (Å²) in [6.45, 7) is 1.21. The zero-order valence-electron chi connectivity index (χ0n) is 14.7. The standard InChI is InChI=1S/C21H22N2O3/c1-26-18-9-7-16(8-10-18)20(24)19(13-22)21(25)23-12-11-17(14-23)15-5-3-2-4-6-15/h2-10,13,17,22,24H,11-12,14H2,1H3/b20-19+,22-13?. The average molecular weight is 350 g/mol. The monoisotopic (exact) mass is 350 g/mol. The number of ether oxygens (including phenoxy) is 1. The number of aliphatic hydroxyl groups is 1. The first kappa shape index (κ1) is 17.7. The van der Waals surface area contributed by atoms with Gasteiger partial charge < -0.3 is 20.2 Å². The van der Waals surface area contributed by atoms with Crippen LogP contribution in [0.3, 0.4) is 0 Å². The minimum absolute atomic E-state index is 0.00359. The van der Waals surface area contributed by atoms with Crippen LogP contribution >= 0.6 is 0 Å². The number of carbonyl (C=O) groups excluding carboxylic acids is 1. The molecule has 1 saturated heterocycles. The Morgan fingerprint density at radius 1 is 1.19 bits per heavy atom. The van der Waals surface area contributed by atoms with E-state index in [9.17, 15) is 9.90 Å². The highest BCUT2D eigenvalue weighted by atomic mass is 16.5. The first-order valence-electron chi connectivity index (χ1n) is 8.56. The maximum absolute atomic E-state index is 12.8. The Hall–Kier alpha value is -3.08. The number of nitrogens with one attached hydrogen (secondary N) is 1. The van der Waals surface area contributed by atoms with Gasteiger partial charge in [-0.2, -0.15) is 0 Å². The quantitative estimate of drug-likeness (QED) is 0.491. The number of hydrogen-bond acceptors (Lipinski definition) is 4. The summed E-state index contributed by atoms with van der Waals surface area (Å²) in [5.74, 6) is 0.451. The molecule has 2 aromatic carbocycles. The summed E-state index contributed by atoms with van der Waals surface area (Å²) in [6.07, 6.45) is 1.81. The van der Waals surface area contributed by atoms with E-state index in [1.165, 1.54) is 5.56 Å². The van der Waals surface area contributed by atoms with E-state index >= 15 is 0 Å². The van der Waals surface area contributed by atoms with Gasteiger partial charge in [0.05, 0.1) is 12.7 Å². The van der Waals surface area contributed by atoms with Crippen LogP contribution in [-0.2, 0) is 4.79 Å². The van der Waals surface area contributed by atoms with E-state index in [1.807, 2.05) is 18.2 Å². The van der Waals surface area contributed by atoms with Crippen molar-refractivity contribution in [3.8, 4) is 5.75 Å². The molecule has 0 radical (unpaired) electrons. The number of hydrogen-bond donors (Lipinski definition) is 2. The van der Waals surface area contributed by atoms with Gasteiger partial charge in [0, 0.05) is 30.8 Å². The second-order valence-electron chi connectivity index (χ2n) is 6.28. The zero-order chi connectivity index (χ0) is 18.5. The molecule has 0 bridgehead atoms. The Balaban J connectivity index is 1.79. The summed E-state index contributed by atoms with van der Waals surface area (Å²) in [4.78, 5) is 14.5. The Labute approximate surface area is 153 Å². The summed E-state index contributed by atoms with van der Waals surface area (Å²) in [5, 5.41) is 18.1. The molecular weight excluding hydrogens is 328 g/mol. The van der Waals surface area contributed by atoms with Crippen molar-refractivity contribution < 1.29 is 14.6 Å². The molecular formula is C21H22N2O3. The molecule has 2 aromatic rings. The van der Waals surface area contributed by atoms with Crippen molar-refractivity contribution in [2.45, 2.75) is 12.3 Å². The normalized spacial score (nSPS) is 17.6. The minimum Gasteiger partial charge on any atom is -0.506 e. The van der Waals surface area contributed by atoms with Crippen molar-refractivity contribution in [2.75, 3.05) is 20.2 Å². The van der Waals surface area contributed by atoms with Crippen molar-refractivity contribution in [3.63, 3.8) is 0 Å². The van der Waals surface area contributed by atoms with Crippen LogP contribution in [0.4, 0.5) is 0 Å². The fraction of sp³-hybridized carbons (Fsp3) is 0.238. The Kier molecular flexibility index (Phi) is 5.37. The van der Waals surface area contributed by atoms with Crippen LogP contribution in [0.25, 0.3) is 5.76 Å². The molecule has 0 aliphatic carbocycles. The molecule has 1 heterocycles. The van der Waals surface area contributed by atoms with Crippen molar-refractivity contribution in [1.82, 2.24) is 4.90 Å². The minimum atomic E-state index is -0.313. The molecule has 0 saturated carbocycles. The number of likely N-dealkylation sites (tertiary alicyclic amines) is 1. The molecule has 0 aromatic heterocycles. The number of aliphatic hydroxyl groups excluding tert-OH is 1. The molecule has 0 spiro atoms. The third kappa shape index (κ3) is 3.61. The highest BCUT2D eigenvalue weighted by Crippen LogP contribution is 2.28. The molecule has 1 aliphatic heterocycles. The number of methoxy groups -OCH3 is 1. The second-order valence-corrected chi connectivity index (χ2v) is 6.28. The first-order chi connectivity index (χ1) is 12.6. The number of rotatable bonds is 5. The molecule has 3 rings (SSSR count). The Morgan fingerprint density at radius 3 is 2.50 bits per heavy atom. The van der Waals surface area contributed by atoms with Crippen LogP contribution in [0, 0.1) is 5.41 Å². The van der Waals surface area contributed by atoms with Crippen LogP contribution in [0.5, 0.6) is 5.75 Å². The SMILES string of the molecule is COc1ccc(/C(O)=C(/C=N)C(=O)N2CCC(c3ccccc3)C2)cc1. The number of carbonyl (C=O) groups is 1. The predicted molar refractivity (Wildman–Crippen MR) is 102 cm³/mol. The van der Waals surface area contributed by atoms with Gasteiger partial charge in [0.15, 0.2) is 0 Å². The lowest BCUT2D eigenvalue weighted by atomic mass is 9.99. The van der Waals surface area contributed by atoms with Gasteiger partial charge in [0.2, 0.25) is 0 Å². The fourth-order valence-electron chi connectivity index (χ4n) is 3.25. The van der Waals surface area contributed by atoms with Gasteiger partial charge in [-0.15, -0.1) is 0 Å². The van der Waals surface area contributed by atoms with E-state index in [-0.39, 0.29) is 23.2 Å². The number of amides is 1. The van der Waals surface area contributed by atoms with Crippen molar-refractivity contribution in [2.24, 2.45) is 0 Å². The summed E-state index contributed by atoms with van der Waals surface area (Å²) < 4.78 is 5.10. The summed E-state index contributed by atoms with van der Waals surface area (Å²) >= 11 is 0. The van der Waals surface area contributed by atoms with Crippen LogP contribution in [-0.4, -0.2) is 42.3 Å². The van der Waals surface area contributed by atoms with E-state index in [1.54, 1.807) is 36.3 Å². The van der Waals surface area contributed by atoms with Gasteiger partial charge in [-0.1, -0.05) is 30.3 Å². The van der Waals surface area contributed by atoms with Crippen LogP contribution in [0.15, 0.2) is 60.2 Å². The third-order valence-corrected chi connectivity index (χ3v) is 4.74. The molecule has 1 atom stereocenters. The van der Waals surface area contributed by atoms with Gasteiger partial charge in [-0.05, 0) is 36.2 Å². The molecule has 1 unspecified atom stereocenters. The zero-order valence-corrected chi connectivity index (χ0v) is 14.7. The number of nitrogens with zero attached hydrogens (tertiary/aromatic N) is 1. The molecule has 5 nitrogen and oxygen atoms in total. The predicted octanol–water partition coefficient (Wildman–Crippen LogP) is 3.63. The van der Waals surface area contributed by atoms with Gasteiger partial charge in [0.25, 0.3) is 5.91 Å². The molecule has 26 heavy (non-hydrogen) atoms. The van der Waals surface area contributed by atoms with Crippen molar-refractivity contribution in [1.29, 1.82) is 5.41 Å². The van der Waals surface area contributed by atoms with Gasteiger partial charge in [-0.25, -0.2) is 0 Å². The van der Waals surface area contributed by atoms with Crippen molar-refractivity contribution >= 4 is 17.9 Å². The second kappa shape index (κ2) is 7.87. The summed E-state index contributed by atoms with van der Waals surface area (Å²) in [7, 11) is 1.56. The van der Waals surface area contributed by atoms with Crippen molar-refractivity contribution in [3.05, 3.63) is 71.3 Å². The Morgan fingerprint density at radius 2 is 1.88 bits per heavy atom. The van der Waals surface area contributed by atoms with E-state index in [2.05, 4.69) is 12.1 Å². The first-order valence-corrected chi connectivity index (χ1v) is 8.56. The largest absolute Gasteiger partial charge is 0.506 e. The Bertz CT molecular complexity index is 813. The highest BCUT2D eigenvalue weighted by Gasteiger charge is 2.29. The van der Waals surface area contributed by atoms with Crippen LogP contribution < -0.4 is 4.74 Å². The summed E-state index contributed by atoms with van der Waals surface area (Å²) in [5.41, 5.74) is 1.70. The smallest absolute Gasteiger partial charge is 0.259 e. The van der Waals surface area contributed by atoms with Gasteiger partial charge in [0.1, 0.15) is 11.5 Å². The van der Waals surface area contributed by atoms with Gasteiger partial charge in [-0.3, -0.25) is 4.79 Å². The molecule has 1 aliphatic rings. The lowest BCUT2D eigenvalue weighted by Gasteiger charge is -2.18. The fourth-order valence-corrected chi connectivity index (χ4v) is 3.25. The molecule has 2 N–H and O–H groups in total.